The van der Waals surface area contributed by atoms with E-state index >= 15 is 0 Å². The van der Waals surface area contributed by atoms with Crippen LogP contribution in [-0.4, -0.2) is 15.0 Å². The maximum Gasteiger partial charge on any atom is 0.336 e. The van der Waals surface area contributed by atoms with Crippen molar-refractivity contribution in [3.05, 3.63) is 82.3 Å². The van der Waals surface area contributed by atoms with Crippen molar-refractivity contribution in [2.75, 3.05) is 0 Å². The molecule has 0 aliphatic heterocycles. The molecule has 0 radical (unpaired) electrons. The van der Waals surface area contributed by atoms with Crippen molar-refractivity contribution in [3.8, 4) is 11.3 Å². The van der Waals surface area contributed by atoms with Crippen LogP contribution in [0, 0.1) is 6.92 Å². The number of benzene rings is 2. The number of aromatic nitrogens is 3. The number of hydrogen-bond donors (Lipinski definition) is 0. The summed E-state index contributed by atoms with van der Waals surface area (Å²) >= 11 is 0. The average Bonchev–Trinajstić information content (AvgIpc) is 3.03. The van der Waals surface area contributed by atoms with E-state index in [1.54, 1.807) is 4.68 Å². The van der Waals surface area contributed by atoms with Crippen LogP contribution in [-0.2, 0) is 6.54 Å². The summed E-state index contributed by atoms with van der Waals surface area (Å²) in [5.74, 6) is 0. The Kier molecular flexibility index (Phi) is 3.46. The molecule has 0 saturated carbocycles. The molecule has 2 heterocycles. The van der Waals surface area contributed by atoms with Gasteiger partial charge in [-0.3, -0.25) is 0 Å². The molecule has 24 heavy (non-hydrogen) atoms. The summed E-state index contributed by atoms with van der Waals surface area (Å²) in [6, 6.07) is 17.3. The first-order chi connectivity index (χ1) is 11.7. The Morgan fingerprint density at radius 2 is 1.92 bits per heavy atom. The van der Waals surface area contributed by atoms with E-state index in [2.05, 4.69) is 22.4 Å². The average molecular weight is 317 g/mol. The highest BCUT2D eigenvalue weighted by atomic mass is 16.4. The molecular weight excluding hydrogens is 302 g/mol. The zero-order chi connectivity index (χ0) is 16.5. The van der Waals surface area contributed by atoms with Gasteiger partial charge in [0, 0.05) is 17.0 Å². The molecule has 118 valence electrons. The van der Waals surface area contributed by atoms with Gasteiger partial charge in [0.2, 0.25) is 0 Å². The van der Waals surface area contributed by atoms with Gasteiger partial charge in [0.05, 0.1) is 12.7 Å². The molecule has 5 nitrogen and oxygen atoms in total. The number of fused-ring (bicyclic) bond motifs is 1. The SMILES string of the molecule is Cc1cc(=O)oc2cc(-c3cn(Cc4ccccc4)nn3)ccc12. The summed E-state index contributed by atoms with van der Waals surface area (Å²) in [7, 11) is 0. The van der Waals surface area contributed by atoms with Crippen LogP contribution in [0.5, 0.6) is 0 Å². The van der Waals surface area contributed by atoms with E-state index in [1.165, 1.54) is 6.07 Å². The third-order valence-electron chi connectivity index (χ3n) is 3.97. The third-order valence-corrected chi connectivity index (χ3v) is 3.97. The normalized spacial score (nSPS) is 11.0. The summed E-state index contributed by atoms with van der Waals surface area (Å²) in [4.78, 5) is 11.6. The first-order valence-corrected chi connectivity index (χ1v) is 7.68. The largest absolute Gasteiger partial charge is 0.423 e. The summed E-state index contributed by atoms with van der Waals surface area (Å²) in [6.45, 7) is 2.56. The monoisotopic (exact) mass is 317 g/mol. The zero-order valence-corrected chi connectivity index (χ0v) is 13.1. The van der Waals surface area contributed by atoms with Crippen LogP contribution in [0.3, 0.4) is 0 Å². The maximum atomic E-state index is 11.6. The molecule has 0 N–H and O–H groups in total. The van der Waals surface area contributed by atoms with Crippen molar-refractivity contribution in [3.63, 3.8) is 0 Å². The van der Waals surface area contributed by atoms with Crippen LogP contribution in [0.2, 0.25) is 0 Å². The van der Waals surface area contributed by atoms with Crippen molar-refractivity contribution in [2.24, 2.45) is 0 Å². The number of aryl methyl sites for hydroxylation is 1. The first kappa shape index (κ1) is 14.4. The Bertz CT molecular complexity index is 1060. The van der Waals surface area contributed by atoms with Crippen LogP contribution >= 0.6 is 0 Å². The predicted molar refractivity (Wildman–Crippen MR) is 91.8 cm³/mol. The second-order valence-corrected chi connectivity index (χ2v) is 5.75. The molecule has 4 aromatic rings. The fourth-order valence-electron chi connectivity index (χ4n) is 2.76. The van der Waals surface area contributed by atoms with Crippen molar-refractivity contribution in [2.45, 2.75) is 13.5 Å². The number of nitrogens with zero attached hydrogens (tertiary/aromatic N) is 3. The Hall–Kier alpha value is -3.21. The molecule has 0 amide bonds. The Balaban J connectivity index is 1.69. The fraction of sp³-hybridized carbons (Fsp3) is 0.105. The van der Waals surface area contributed by atoms with Gasteiger partial charge in [0.25, 0.3) is 0 Å². The van der Waals surface area contributed by atoms with Crippen LogP contribution in [0.1, 0.15) is 11.1 Å². The quantitative estimate of drug-likeness (QED) is 0.543. The van der Waals surface area contributed by atoms with E-state index in [1.807, 2.05) is 49.5 Å². The second-order valence-electron chi connectivity index (χ2n) is 5.75. The van der Waals surface area contributed by atoms with E-state index in [4.69, 9.17) is 4.42 Å². The van der Waals surface area contributed by atoms with E-state index in [9.17, 15) is 4.79 Å². The molecule has 0 aliphatic carbocycles. The molecule has 0 saturated heterocycles. The summed E-state index contributed by atoms with van der Waals surface area (Å²) in [5.41, 5.74) is 3.90. The summed E-state index contributed by atoms with van der Waals surface area (Å²) in [5, 5.41) is 9.33. The minimum absolute atomic E-state index is 0.343. The predicted octanol–water partition coefficient (Wildman–Crippen LogP) is 3.41. The van der Waals surface area contributed by atoms with Gasteiger partial charge >= 0.3 is 5.63 Å². The Labute approximate surface area is 138 Å². The third kappa shape index (κ3) is 2.72. The molecule has 5 heteroatoms. The second kappa shape index (κ2) is 5.77. The van der Waals surface area contributed by atoms with Gasteiger partial charge in [-0.15, -0.1) is 5.10 Å². The smallest absolute Gasteiger partial charge is 0.336 e. The Morgan fingerprint density at radius 1 is 1.08 bits per heavy atom. The molecule has 0 unspecified atom stereocenters. The number of hydrogen-bond acceptors (Lipinski definition) is 4. The van der Waals surface area contributed by atoms with Crippen molar-refractivity contribution in [1.82, 2.24) is 15.0 Å². The van der Waals surface area contributed by atoms with Crippen molar-refractivity contribution >= 4 is 11.0 Å². The van der Waals surface area contributed by atoms with E-state index < -0.39 is 0 Å². The molecule has 0 atom stereocenters. The lowest BCUT2D eigenvalue weighted by molar-refractivity contribution is 0.560. The van der Waals surface area contributed by atoms with Crippen LogP contribution in [0.15, 0.2) is 70.0 Å². The topological polar surface area (TPSA) is 60.9 Å². The van der Waals surface area contributed by atoms with Gasteiger partial charge in [-0.25, -0.2) is 9.48 Å². The lowest BCUT2D eigenvalue weighted by Gasteiger charge is -2.02. The fourth-order valence-corrected chi connectivity index (χ4v) is 2.76. The molecule has 0 fully saturated rings. The van der Waals surface area contributed by atoms with Crippen LogP contribution in [0.4, 0.5) is 0 Å². The highest BCUT2D eigenvalue weighted by Crippen LogP contribution is 2.23. The summed E-state index contributed by atoms with van der Waals surface area (Å²) in [6.07, 6.45) is 1.89. The van der Waals surface area contributed by atoms with Gasteiger partial charge in [-0.2, -0.15) is 0 Å². The molecule has 2 aromatic carbocycles. The van der Waals surface area contributed by atoms with E-state index in [0.29, 0.717) is 12.1 Å². The van der Waals surface area contributed by atoms with Crippen LogP contribution in [0.25, 0.3) is 22.2 Å². The van der Waals surface area contributed by atoms with Crippen LogP contribution < -0.4 is 5.63 Å². The van der Waals surface area contributed by atoms with Crippen molar-refractivity contribution < 1.29 is 4.42 Å². The van der Waals surface area contributed by atoms with Gasteiger partial charge in [-0.05, 0) is 24.1 Å². The van der Waals surface area contributed by atoms with Gasteiger partial charge in [0.15, 0.2) is 0 Å². The molecule has 2 aromatic heterocycles. The highest BCUT2D eigenvalue weighted by Gasteiger charge is 2.08. The standard InChI is InChI=1S/C19H15N3O2/c1-13-9-19(23)24-18-10-15(7-8-16(13)18)17-12-22(21-20-17)11-14-5-3-2-4-6-14/h2-10,12H,11H2,1H3. The zero-order valence-electron chi connectivity index (χ0n) is 13.1. The highest BCUT2D eigenvalue weighted by molar-refractivity contribution is 5.84. The minimum atomic E-state index is -0.343. The first-order valence-electron chi connectivity index (χ1n) is 7.68. The lowest BCUT2D eigenvalue weighted by atomic mass is 10.1. The van der Waals surface area contributed by atoms with Gasteiger partial charge in [0.1, 0.15) is 11.3 Å². The molecular formula is C19H15N3O2. The lowest BCUT2D eigenvalue weighted by Crippen LogP contribution is -1.99. The summed E-state index contributed by atoms with van der Waals surface area (Å²) < 4.78 is 7.09. The minimum Gasteiger partial charge on any atom is -0.423 e. The Morgan fingerprint density at radius 3 is 2.75 bits per heavy atom. The van der Waals surface area contributed by atoms with Gasteiger partial charge in [-0.1, -0.05) is 47.7 Å². The molecule has 4 rings (SSSR count). The maximum absolute atomic E-state index is 11.6. The van der Waals surface area contributed by atoms with Crippen molar-refractivity contribution in [1.29, 1.82) is 0 Å². The molecule has 0 aliphatic rings. The van der Waals surface area contributed by atoms with E-state index in [-0.39, 0.29) is 5.63 Å². The number of rotatable bonds is 3. The molecule has 0 spiro atoms. The van der Waals surface area contributed by atoms with E-state index in [0.717, 1.165) is 27.8 Å². The van der Waals surface area contributed by atoms with Gasteiger partial charge < -0.3 is 4.42 Å². The molecule has 0 bridgehead atoms.